The van der Waals surface area contributed by atoms with Crippen LogP contribution < -0.4 is 14.2 Å². The number of ether oxygens (including phenoxy) is 3. The first-order valence-corrected chi connectivity index (χ1v) is 6.53. The molecule has 0 radical (unpaired) electrons. The van der Waals surface area contributed by atoms with Crippen molar-refractivity contribution in [2.45, 2.75) is 13.3 Å². The molecule has 3 nitrogen and oxygen atoms in total. The van der Waals surface area contributed by atoms with Crippen LogP contribution in [0.15, 0.2) is 36.4 Å². The van der Waals surface area contributed by atoms with E-state index in [1.54, 1.807) is 21.3 Å². The fourth-order valence-corrected chi connectivity index (χ4v) is 2.23. The average Bonchev–Trinajstić information content (AvgIpc) is 2.48. The first-order chi connectivity index (χ1) is 9.69. The maximum absolute atomic E-state index is 5.50. The molecule has 0 amide bonds. The second kappa shape index (κ2) is 6.33. The Balaban J connectivity index is 2.38. The minimum atomic E-state index is 0.639. The number of hydrogen-bond acceptors (Lipinski definition) is 3. The minimum Gasteiger partial charge on any atom is -0.493 e. The van der Waals surface area contributed by atoms with Crippen molar-refractivity contribution in [3.63, 3.8) is 0 Å². The summed E-state index contributed by atoms with van der Waals surface area (Å²) in [6.07, 6.45) is 0.795. The Morgan fingerprint density at radius 2 is 1.40 bits per heavy atom. The standard InChI is InChI=1S/C17H20O3/c1-12-5-7-13(8-6-12)11-14-9-10-15(18-2)17(20-4)16(14)19-3/h5-10H,11H2,1-4H3. The smallest absolute Gasteiger partial charge is 0.203 e. The topological polar surface area (TPSA) is 27.7 Å². The summed E-state index contributed by atoms with van der Waals surface area (Å²) in [5.41, 5.74) is 3.57. The summed E-state index contributed by atoms with van der Waals surface area (Å²) in [6.45, 7) is 2.08. The molecule has 0 aromatic heterocycles. The van der Waals surface area contributed by atoms with E-state index in [-0.39, 0.29) is 0 Å². The van der Waals surface area contributed by atoms with Crippen molar-refractivity contribution in [2.24, 2.45) is 0 Å². The summed E-state index contributed by atoms with van der Waals surface area (Å²) in [4.78, 5) is 0. The van der Waals surface area contributed by atoms with E-state index in [0.29, 0.717) is 11.5 Å². The van der Waals surface area contributed by atoms with Gasteiger partial charge in [-0.1, -0.05) is 35.9 Å². The van der Waals surface area contributed by atoms with E-state index in [4.69, 9.17) is 14.2 Å². The predicted octanol–water partition coefficient (Wildman–Crippen LogP) is 3.61. The van der Waals surface area contributed by atoms with Gasteiger partial charge in [0.15, 0.2) is 11.5 Å². The minimum absolute atomic E-state index is 0.639. The molecule has 0 bridgehead atoms. The summed E-state index contributed by atoms with van der Waals surface area (Å²) in [6, 6.07) is 12.4. The van der Waals surface area contributed by atoms with Gasteiger partial charge in [-0.2, -0.15) is 0 Å². The zero-order valence-corrected chi connectivity index (χ0v) is 12.4. The van der Waals surface area contributed by atoms with E-state index in [9.17, 15) is 0 Å². The highest BCUT2D eigenvalue weighted by Crippen LogP contribution is 2.40. The zero-order valence-electron chi connectivity index (χ0n) is 12.4. The van der Waals surface area contributed by atoms with Crippen LogP contribution in [0.2, 0.25) is 0 Å². The quantitative estimate of drug-likeness (QED) is 0.832. The van der Waals surface area contributed by atoms with Crippen LogP contribution in [0.25, 0.3) is 0 Å². The SMILES string of the molecule is COc1ccc(Cc2ccc(C)cc2)c(OC)c1OC. The second-order valence-electron chi connectivity index (χ2n) is 4.66. The highest BCUT2D eigenvalue weighted by molar-refractivity contribution is 5.56. The van der Waals surface area contributed by atoms with Gasteiger partial charge in [0.1, 0.15) is 0 Å². The lowest BCUT2D eigenvalue weighted by Gasteiger charge is -2.15. The van der Waals surface area contributed by atoms with Gasteiger partial charge in [0.2, 0.25) is 5.75 Å². The molecule has 2 aromatic rings. The largest absolute Gasteiger partial charge is 0.493 e. The van der Waals surface area contributed by atoms with Crippen molar-refractivity contribution >= 4 is 0 Å². The van der Waals surface area contributed by atoms with Gasteiger partial charge in [-0.3, -0.25) is 0 Å². The number of aryl methyl sites for hydroxylation is 1. The number of benzene rings is 2. The van der Waals surface area contributed by atoms with Crippen molar-refractivity contribution in [1.82, 2.24) is 0 Å². The van der Waals surface area contributed by atoms with Gasteiger partial charge in [0.05, 0.1) is 21.3 Å². The van der Waals surface area contributed by atoms with Gasteiger partial charge in [-0.15, -0.1) is 0 Å². The predicted molar refractivity (Wildman–Crippen MR) is 80.1 cm³/mol. The Morgan fingerprint density at radius 1 is 0.750 bits per heavy atom. The summed E-state index contributed by atoms with van der Waals surface area (Å²) in [7, 11) is 4.89. The molecular weight excluding hydrogens is 252 g/mol. The third-order valence-corrected chi connectivity index (χ3v) is 3.30. The molecule has 0 atom stereocenters. The lowest BCUT2D eigenvalue weighted by molar-refractivity contribution is 0.322. The van der Waals surface area contributed by atoms with E-state index in [2.05, 4.69) is 31.2 Å². The highest BCUT2D eigenvalue weighted by atomic mass is 16.5. The fourth-order valence-electron chi connectivity index (χ4n) is 2.23. The van der Waals surface area contributed by atoms with E-state index in [1.165, 1.54) is 11.1 Å². The lowest BCUT2D eigenvalue weighted by atomic mass is 10.0. The molecule has 20 heavy (non-hydrogen) atoms. The third-order valence-electron chi connectivity index (χ3n) is 3.30. The summed E-state index contributed by atoms with van der Waals surface area (Å²) in [5, 5.41) is 0. The molecule has 106 valence electrons. The molecule has 2 rings (SSSR count). The van der Waals surface area contributed by atoms with Gasteiger partial charge >= 0.3 is 0 Å². The Kier molecular flexibility index (Phi) is 4.51. The van der Waals surface area contributed by atoms with Crippen LogP contribution in [0.5, 0.6) is 17.2 Å². The van der Waals surface area contributed by atoms with E-state index < -0.39 is 0 Å². The van der Waals surface area contributed by atoms with Crippen molar-refractivity contribution < 1.29 is 14.2 Å². The van der Waals surface area contributed by atoms with Crippen LogP contribution in [0.3, 0.4) is 0 Å². The van der Waals surface area contributed by atoms with Gasteiger partial charge in [0.25, 0.3) is 0 Å². The van der Waals surface area contributed by atoms with E-state index in [0.717, 1.165) is 17.7 Å². The molecule has 0 saturated carbocycles. The Labute approximate surface area is 120 Å². The molecule has 0 aliphatic carbocycles. The molecule has 0 aliphatic heterocycles. The van der Waals surface area contributed by atoms with Gasteiger partial charge in [-0.25, -0.2) is 0 Å². The first-order valence-electron chi connectivity index (χ1n) is 6.53. The highest BCUT2D eigenvalue weighted by Gasteiger charge is 2.15. The summed E-state index contributed by atoms with van der Waals surface area (Å²) >= 11 is 0. The molecule has 0 spiro atoms. The van der Waals surface area contributed by atoms with Gasteiger partial charge in [0, 0.05) is 12.0 Å². The van der Waals surface area contributed by atoms with Crippen LogP contribution in [-0.2, 0) is 6.42 Å². The zero-order chi connectivity index (χ0) is 14.5. The van der Waals surface area contributed by atoms with Gasteiger partial charge in [-0.05, 0) is 18.6 Å². The van der Waals surface area contributed by atoms with Crippen LogP contribution in [0.1, 0.15) is 16.7 Å². The van der Waals surface area contributed by atoms with Crippen molar-refractivity contribution in [1.29, 1.82) is 0 Å². The Hall–Kier alpha value is -2.16. The maximum Gasteiger partial charge on any atom is 0.203 e. The fraction of sp³-hybridized carbons (Fsp3) is 0.294. The van der Waals surface area contributed by atoms with E-state index in [1.807, 2.05) is 12.1 Å². The monoisotopic (exact) mass is 272 g/mol. The number of methoxy groups -OCH3 is 3. The van der Waals surface area contributed by atoms with Gasteiger partial charge < -0.3 is 14.2 Å². The van der Waals surface area contributed by atoms with Crippen molar-refractivity contribution in [2.75, 3.05) is 21.3 Å². The third kappa shape index (κ3) is 2.87. The van der Waals surface area contributed by atoms with Crippen LogP contribution in [0.4, 0.5) is 0 Å². The summed E-state index contributed by atoms with van der Waals surface area (Å²) < 4.78 is 16.2. The summed E-state index contributed by atoms with van der Waals surface area (Å²) in [5.74, 6) is 2.05. The Morgan fingerprint density at radius 3 is 1.95 bits per heavy atom. The second-order valence-corrected chi connectivity index (χ2v) is 4.66. The molecule has 0 aliphatic rings. The normalized spacial score (nSPS) is 10.2. The van der Waals surface area contributed by atoms with E-state index >= 15 is 0 Å². The lowest BCUT2D eigenvalue weighted by Crippen LogP contribution is -1.99. The van der Waals surface area contributed by atoms with Crippen molar-refractivity contribution in [3.8, 4) is 17.2 Å². The average molecular weight is 272 g/mol. The molecule has 0 N–H and O–H groups in total. The molecule has 3 heteroatoms. The molecular formula is C17H20O3. The van der Waals surface area contributed by atoms with Crippen LogP contribution >= 0.6 is 0 Å². The molecule has 0 heterocycles. The molecule has 0 unspecified atom stereocenters. The Bertz CT molecular complexity index is 574. The maximum atomic E-state index is 5.50. The molecule has 0 saturated heterocycles. The number of rotatable bonds is 5. The molecule has 0 fully saturated rings. The first kappa shape index (κ1) is 14.3. The number of hydrogen-bond donors (Lipinski definition) is 0. The molecule has 2 aromatic carbocycles. The van der Waals surface area contributed by atoms with Crippen LogP contribution in [0, 0.1) is 6.92 Å². The van der Waals surface area contributed by atoms with Crippen molar-refractivity contribution in [3.05, 3.63) is 53.1 Å². The van der Waals surface area contributed by atoms with Crippen LogP contribution in [-0.4, -0.2) is 21.3 Å².